The second-order valence-electron chi connectivity index (χ2n) is 5.95. The lowest BCUT2D eigenvalue weighted by Gasteiger charge is -2.09. The number of benzene rings is 2. The van der Waals surface area contributed by atoms with Crippen LogP contribution in [0, 0.1) is 11.6 Å². The van der Waals surface area contributed by atoms with Crippen LogP contribution in [0.1, 0.15) is 0 Å². The number of anilines is 1. The van der Waals surface area contributed by atoms with Crippen molar-refractivity contribution in [1.82, 2.24) is 9.78 Å². The van der Waals surface area contributed by atoms with E-state index in [1.54, 1.807) is 18.2 Å². The first-order chi connectivity index (χ1) is 13.5. The van der Waals surface area contributed by atoms with Gasteiger partial charge < -0.3 is 14.8 Å². The van der Waals surface area contributed by atoms with Crippen molar-refractivity contribution in [3.05, 3.63) is 70.5 Å². The van der Waals surface area contributed by atoms with Crippen LogP contribution in [0.3, 0.4) is 0 Å². The van der Waals surface area contributed by atoms with E-state index in [4.69, 9.17) is 9.47 Å². The van der Waals surface area contributed by atoms with Gasteiger partial charge in [-0.3, -0.25) is 9.59 Å². The Morgan fingerprint density at radius 3 is 2.71 bits per heavy atom. The van der Waals surface area contributed by atoms with Crippen LogP contribution in [0.4, 0.5) is 14.5 Å². The number of nitrogens with zero attached hydrogens (tertiary/aromatic N) is 2. The van der Waals surface area contributed by atoms with Gasteiger partial charge in [-0.2, -0.15) is 5.10 Å². The van der Waals surface area contributed by atoms with Crippen molar-refractivity contribution in [3.63, 3.8) is 0 Å². The van der Waals surface area contributed by atoms with Gasteiger partial charge in [0, 0.05) is 17.7 Å². The molecule has 1 aliphatic rings. The highest BCUT2D eigenvalue weighted by atomic mass is 19.1. The first-order valence-electron chi connectivity index (χ1n) is 8.23. The van der Waals surface area contributed by atoms with E-state index >= 15 is 0 Å². The van der Waals surface area contributed by atoms with Gasteiger partial charge in [-0.05, 0) is 36.4 Å². The van der Waals surface area contributed by atoms with Gasteiger partial charge in [0.15, 0.2) is 11.5 Å². The molecular weight excluding hydrogens is 372 g/mol. The summed E-state index contributed by atoms with van der Waals surface area (Å²) in [7, 11) is 0. The number of amides is 1. The fourth-order valence-corrected chi connectivity index (χ4v) is 2.69. The molecule has 0 bridgehead atoms. The van der Waals surface area contributed by atoms with Gasteiger partial charge in [-0.15, -0.1) is 0 Å². The molecule has 142 valence electrons. The van der Waals surface area contributed by atoms with Crippen LogP contribution in [0.15, 0.2) is 53.3 Å². The number of rotatable bonds is 4. The van der Waals surface area contributed by atoms with Gasteiger partial charge in [0.05, 0.1) is 11.4 Å². The van der Waals surface area contributed by atoms with Crippen molar-refractivity contribution in [2.45, 2.75) is 6.54 Å². The number of hydrogen-bond donors (Lipinski definition) is 1. The first-order valence-corrected chi connectivity index (χ1v) is 8.23. The quantitative estimate of drug-likeness (QED) is 0.747. The molecule has 0 radical (unpaired) electrons. The Kier molecular flexibility index (Phi) is 4.48. The normalized spacial score (nSPS) is 12.1. The minimum Gasteiger partial charge on any atom is -0.454 e. The summed E-state index contributed by atoms with van der Waals surface area (Å²) < 4.78 is 38.1. The lowest BCUT2D eigenvalue weighted by atomic mass is 10.1. The van der Waals surface area contributed by atoms with Crippen molar-refractivity contribution < 1.29 is 23.0 Å². The van der Waals surface area contributed by atoms with E-state index in [-0.39, 0.29) is 12.5 Å². The van der Waals surface area contributed by atoms with Crippen LogP contribution in [-0.2, 0) is 11.3 Å². The highest BCUT2D eigenvalue weighted by molar-refractivity contribution is 5.90. The molecule has 1 amide bonds. The molecule has 0 aliphatic carbocycles. The summed E-state index contributed by atoms with van der Waals surface area (Å²) in [6.07, 6.45) is 0. The number of nitrogens with one attached hydrogen (secondary N) is 1. The second-order valence-corrected chi connectivity index (χ2v) is 5.95. The van der Waals surface area contributed by atoms with Gasteiger partial charge in [0.1, 0.15) is 18.2 Å². The average Bonchev–Trinajstić information content (AvgIpc) is 3.13. The molecule has 0 unspecified atom stereocenters. The SMILES string of the molecule is O=C(Cn1nc(-c2ccc3c(c2)OCO3)ccc1=O)Nc1ccc(F)cc1F. The first kappa shape index (κ1) is 17.7. The summed E-state index contributed by atoms with van der Waals surface area (Å²) in [5, 5.41) is 6.47. The molecule has 2 aromatic carbocycles. The predicted octanol–water partition coefficient (Wildman–Crippen LogP) is 2.56. The highest BCUT2D eigenvalue weighted by Crippen LogP contribution is 2.35. The third-order valence-corrected chi connectivity index (χ3v) is 4.03. The lowest BCUT2D eigenvalue weighted by Crippen LogP contribution is -2.29. The summed E-state index contributed by atoms with van der Waals surface area (Å²) in [6.45, 7) is -0.306. The number of carbonyl (C=O) groups excluding carboxylic acids is 1. The van der Waals surface area contributed by atoms with Gasteiger partial charge in [-0.1, -0.05) is 0 Å². The Labute approximate surface area is 157 Å². The summed E-state index contributed by atoms with van der Waals surface area (Å²) >= 11 is 0. The zero-order chi connectivity index (χ0) is 19.7. The van der Waals surface area contributed by atoms with Crippen LogP contribution in [0.25, 0.3) is 11.3 Å². The average molecular weight is 385 g/mol. The number of ether oxygens (including phenoxy) is 2. The van der Waals surface area contributed by atoms with E-state index in [2.05, 4.69) is 10.4 Å². The van der Waals surface area contributed by atoms with Gasteiger partial charge in [0.2, 0.25) is 12.7 Å². The fourth-order valence-electron chi connectivity index (χ4n) is 2.69. The lowest BCUT2D eigenvalue weighted by molar-refractivity contribution is -0.117. The molecular formula is C19H13F2N3O4. The summed E-state index contributed by atoms with van der Waals surface area (Å²) in [5.41, 5.74) is 0.423. The maximum Gasteiger partial charge on any atom is 0.267 e. The zero-order valence-corrected chi connectivity index (χ0v) is 14.3. The Balaban J connectivity index is 1.55. The number of aromatic nitrogens is 2. The Bertz CT molecular complexity index is 1130. The van der Waals surface area contributed by atoms with E-state index in [9.17, 15) is 18.4 Å². The Hall–Kier alpha value is -3.75. The maximum atomic E-state index is 13.7. The summed E-state index contributed by atoms with van der Waals surface area (Å²) in [6, 6.07) is 10.8. The monoisotopic (exact) mass is 385 g/mol. The van der Waals surface area contributed by atoms with E-state index in [1.807, 2.05) is 0 Å². The zero-order valence-electron chi connectivity index (χ0n) is 14.3. The van der Waals surface area contributed by atoms with Crippen molar-refractivity contribution in [2.75, 3.05) is 12.1 Å². The van der Waals surface area contributed by atoms with Crippen LogP contribution in [0.5, 0.6) is 11.5 Å². The minimum absolute atomic E-state index is 0.131. The van der Waals surface area contributed by atoms with Gasteiger partial charge >= 0.3 is 0 Å². The number of carbonyl (C=O) groups is 1. The van der Waals surface area contributed by atoms with E-state index in [0.29, 0.717) is 28.8 Å². The standard InChI is InChI=1S/C19H13F2N3O4/c20-12-2-3-15(13(21)8-12)22-18(25)9-24-19(26)6-4-14(23-24)11-1-5-16-17(7-11)28-10-27-16/h1-8H,9-10H2,(H,22,25). The minimum atomic E-state index is -0.914. The molecule has 9 heteroatoms. The second kappa shape index (κ2) is 7.10. The summed E-state index contributed by atoms with van der Waals surface area (Å²) in [5.74, 6) is -1.19. The van der Waals surface area contributed by atoms with E-state index in [0.717, 1.165) is 16.8 Å². The number of hydrogen-bond acceptors (Lipinski definition) is 5. The van der Waals surface area contributed by atoms with Gasteiger partial charge in [-0.25, -0.2) is 13.5 Å². The predicted molar refractivity (Wildman–Crippen MR) is 95.0 cm³/mol. The molecule has 0 spiro atoms. The number of halogens is 2. The Morgan fingerprint density at radius 1 is 1.07 bits per heavy atom. The van der Waals surface area contributed by atoms with Crippen LogP contribution in [0.2, 0.25) is 0 Å². The van der Waals surface area contributed by atoms with Crippen LogP contribution < -0.4 is 20.3 Å². The number of fused-ring (bicyclic) bond motifs is 1. The molecule has 0 saturated heterocycles. The third-order valence-electron chi connectivity index (χ3n) is 4.03. The largest absolute Gasteiger partial charge is 0.454 e. The molecule has 0 saturated carbocycles. The van der Waals surface area contributed by atoms with Gasteiger partial charge in [0.25, 0.3) is 5.56 Å². The Morgan fingerprint density at radius 2 is 1.89 bits per heavy atom. The van der Waals surface area contributed by atoms with Crippen LogP contribution >= 0.6 is 0 Å². The molecule has 1 aliphatic heterocycles. The molecule has 0 atom stereocenters. The molecule has 7 nitrogen and oxygen atoms in total. The summed E-state index contributed by atoms with van der Waals surface area (Å²) in [4.78, 5) is 24.2. The highest BCUT2D eigenvalue weighted by Gasteiger charge is 2.15. The van der Waals surface area contributed by atoms with Crippen molar-refractivity contribution in [1.29, 1.82) is 0 Å². The maximum absolute atomic E-state index is 13.7. The topological polar surface area (TPSA) is 82.5 Å². The molecule has 4 rings (SSSR count). The van der Waals surface area contributed by atoms with E-state index < -0.39 is 29.6 Å². The van der Waals surface area contributed by atoms with Crippen LogP contribution in [-0.4, -0.2) is 22.5 Å². The smallest absolute Gasteiger partial charge is 0.267 e. The molecule has 3 aromatic rings. The fraction of sp³-hybridized carbons (Fsp3) is 0.105. The van der Waals surface area contributed by atoms with Crippen molar-refractivity contribution in [2.24, 2.45) is 0 Å². The van der Waals surface area contributed by atoms with Crippen molar-refractivity contribution >= 4 is 11.6 Å². The molecule has 2 heterocycles. The molecule has 28 heavy (non-hydrogen) atoms. The third kappa shape index (κ3) is 3.54. The molecule has 0 fully saturated rings. The van der Waals surface area contributed by atoms with E-state index in [1.165, 1.54) is 12.1 Å². The molecule has 1 aromatic heterocycles. The van der Waals surface area contributed by atoms with Crippen molar-refractivity contribution in [3.8, 4) is 22.8 Å². The molecule has 1 N–H and O–H groups in total.